The van der Waals surface area contributed by atoms with Gasteiger partial charge in [0.05, 0.1) is 19.6 Å². The third kappa shape index (κ3) is 11.2. The number of ether oxygens (including phenoxy) is 4. The van der Waals surface area contributed by atoms with Gasteiger partial charge in [0.15, 0.2) is 18.3 Å². The minimum atomic E-state index is -1.84. The molecule has 3 atom stereocenters. The van der Waals surface area contributed by atoms with E-state index in [9.17, 15) is 24.3 Å². The lowest BCUT2D eigenvalue weighted by atomic mass is 10.2. The van der Waals surface area contributed by atoms with Crippen molar-refractivity contribution in [1.29, 1.82) is 0 Å². The molecule has 9 nitrogen and oxygen atoms in total. The second-order valence-electron chi connectivity index (χ2n) is 6.98. The highest BCUT2D eigenvalue weighted by atomic mass is 16.6. The fourth-order valence-corrected chi connectivity index (χ4v) is 1.57. The van der Waals surface area contributed by atoms with E-state index < -0.39 is 48.6 Å². The van der Waals surface area contributed by atoms with E-state index in [4.69, 9.17) is 18.9 Å². The van der Waals surface area contributed by atoms with Crippen LogP contribution >= 0.6 is 0 Å². The largest absolute Gasteiger partial charge is 0.463 e. The van der Waals surface area contributed by atoms with Crippen LogP contribution in [0.15, 0.2) is 0 Å². The summed E-state index contributed by atoms with van der Waals surface area (Å²) in [4.78, 5) is 46.7. The van der Waals surface area contributed by atoms with Crippen molar-refractivity contribution < 1.29 is 43.2 Å². The van der Waals surface area contributed by atoms with Gasteiger partial charge in [-0.25, -0.2) is 14.4 Å². The van der Waals surface area contributed by atoms with Crippen molar-refractivity contribution in [2.24, 2.45) is 11.8 Å². The highest BCUT2D eigenvalue weighted by molar-refractivity contribution is 5.85. The Bertz CT molecular complexity index is 513. The lowest BCUT2D eigenvalue weighted by Gasteiger charge is -2.17. The zero-order valence-electron chi connectivity index (χ0n) is 16.7. The lowest BCUT2D eigenvalue weighted by Crippen LogP contribution is -2.35. The van der Waals surface area contributed by atoms with Crippen LogP contribution in [-0.2, 0) is 38.1 Å². The second-order valence-corrected chi connectivity index (χ2v) is 6.98. The van der Waals surface area contributed by atoms with Gasteiger partial charge in [-0.3, -0.25) is 4.79 Å². The molecule has 0 aliphatic rings. The molecule has 0 saturated carbocycles. The van der Waals surface area contributed by atoms with Crippen LogP contribution in [0, 0.1) is 11.8 Å². The summed E-state index contributed by atoms with van der Waals surface area (Å²) in [5.74, 6) is -3.39. The zero-order chi connectivity index (χ0) is 21.1. The number of carbonyl (C=O) groups is 4. The van der Waals surface area contributed by atoms with Gasteiger partial charge < -0.3 is 24.1 Å². The Morgan fingerprint density at radius 3 is 1.52 bits per heavy atom. The molecule has 3 unspecified atom stereocenters. The minimum absolute atomic E-state index is 0.117. The van der Waals surface area contributed by atoms with Crippen LogP contribution in [0.3, 0.4) is 0 Å². The van der Waals surface area contributed by atoms with E-state index in [1.165, 1.54) is 13.8 Å². The summed E-state index contributed by atoms with van der Waals surface area (Å²) < 4.78 is 19.4. The van der Waals surface area contributed by atoms with Crippen molar-refractivity contribution in [3.63, 3.8) is 0 Å². The molecule has 0 radical (unpaired) electrons. The minimum Gasteiger partial charge on any atom is -0.463 e. The Balaban J connectivity index is 4.35. The smallest absolute Gasteiger partial charge is 0.347 e. The molecule has 0 heterocycles. The van der Waals surface area contributed by atoms with E-state index in [0.29, 0.717) is 0 Å². The second kappa shape index (κ2) is 12.3. The first kappa shape index (κ1) is 24.8. The first-order chi connectivity index (χ1) is 12.4. The number of hydrogen-bond donors (Lipinski definition) is 1. The van der Waals surface area contributed by atoms with Crippen LogP contribution in [0.2, 0.25) is 0 Å². The summed E-state index contributed by atoms with van der Waals surface area (Å²) >= 11 is 0. The molecule has 156 valence electrons. The van der Waals surface area contributed by atoms with E-state index in [-0.39, 0.29) is 25.0 Å². The molecule has 9 heteroatoms. The fraction of sp³-hybridized carbons (Fsp3) is 0.778. The SMILES string of the molecule is CC(C)COC(=O)C(C)OC(=O)CC(O)C(=O)OC(C)C(=O)OCC(C)C. The summed E-state index contributed by atoms with van der Waals surface area (Å²) in [6, 6.07) is 0. The maximum atomic E-state index is 11.7. The molecule has 1 N–H and O–H groups in total. The zero-order valence-corrected chi connectivity index (χ0v) is 16.7. The summed E-state index contributed by atoms with van der Waals surface area (Å²) in [7, 11) is 0. The molecule has 0 amide bonds. The van der Waals surface area contributed by atoms with Crippen molar-refractivity contribution in [3.05, 3.63) is 0 Å². The summed E-state index contributed by atoms with van der Waals surface area (Å²) in [5.41, 5.74) is 0. The Morgan fingerprint density at radius 1 is 0.704 bits per heavy atom. The molecular weight excluding hydrogens is 360 g/mol. The number of hydrogen-bond acceptors (Lipinski definition) is 9. The third-order valence-electron chi connectivity index (χ3n) is 3.01. The van der Waals surface area contributed by atoms with Crippen molar-refractivity contribution in [2.75, 3.05) is 13.2 Å². The van der Waals surface area contributed by atoms with Gasteiger partial charge in [0.2, 0.25) is 0 Å². The number of esters is 4. The number of aliphatic hydroxyl groups is 1. The standard InChI is InChI=1S/C18H30O9/c1-10(2)8-24-16(21)12(5)26-15(20)7-14(19)18(23)27-13(6)17(22)25-9-11(3)4/h10-14,19H,7-9H2,1-6H3. The highest BCUT2D eigenvalue weighted by Gasteiger charge is 2.28. The van der Waals surface area contributed by atoms with Gasteiger partial charge in [-0.2, -0.15) is 0 Å². The maximum Gasteiger partial charge on any atom is 0.347 e. The number of carbonyl (C=O) groups excluding carboxylic acids is 4. The molecule has 0 aromatic carbocycles. The Hall–Kier alpha value is -2.16. The first-order valence-electron chi connectivity index (χ1n) is 8.85. The van der Waals surface area contributed by atoms with Crippen molar-refractivity contribution in [1.82, 2.24) is 0 Å². The monoisotopic (exact) mass is 390 g/mol. The molecule has 0 bridgehead atoms. The van der Waals surface area contributed by atoms with E-state index in [1.807, 2.05) is 27.7 Å². The molecule has 0 spiro atoms. The highest BCUT2D eigenvalue weighted by Crippen LogP contribution is 2.06. The van der Waals surface area contributed by atoms with Gasteiger partial charge in [0.1, 0.15) is 0 Å². The Labute approximate surface area is 159 Å². The predicted molar refractivity (Wildman–Crippen MR) is 93.3 cm³/mol. The van der Waals surface area contributed by atoms with Crippen LogP contribution < -0.4 is 0 Å². The van der Waals surface area contributed by atoms with Gasteiger partial charge >= 0.3 is 23.9 Å². The van der Waals surface area contributed by atoms with Gasteiger partial charge in [0, 0.05) is 0 Å². The normalized spacial score (nSPS) is 14.3. The molecule has 0 aromatic heterocycles. The van der Waals surface area contributed by atoms with Crippen LogP contribution in [0.4, 0.5) is 0 Å². The number of rotatable bonds is 11. The first-order valence-corrected chi connectivity index (χ1v) is 8.85. The summed E-state index contributed by atoms with van der Waals surface area (Å²) in [6.07, 6.45) is -4.97. The average molecular weight is 390 g/mol. The fourth-order valence-electron chi connectivity index (χ4n) is 1.57. The Morgan fingerprint density at radius 2 is 1.11 bits per heavy atom. The molecule has 0 aliphatic heterocycles. The van der Waals surface area contributed by atoms with Crippen LogP contribution in [0.25, 0.3) is 0 Å². The summed E-state index contributed by atoms with van der Waals surface area (Å²) in [5, 5.41) is 9.72. The maximum absolute atomic E-state index is 11.7. The van der Waals surface area contributed by atoms with Crippen LogP contribution in [0.1, 0.15) is 48.0 Å². The average Bonchev–Trinajstić information content (AvgIpc) is 2.56. The molecule has 0 saturated heterocycles. The van der Waals surface area contributed by atoms with Crippen LogP contribution in [0.5, 0.6) is 0 Å². The lowest BCUT2D eigenvalue weighted by molar-refractivity contribution is -0.176. The van der Waals surface area contributed by atoms with Gasteiger partial charge in [-0.15, -0.1) is 0 Å². The quantitative estimate of drug-likeness (QED) is 0.406. The Kier molecular flexibility index (Phi) is 11.3. The summed E-state index contributed by atoms with van der Waals surface area (Å²) in [6.45, 7) is 10.4. The molecule has 0 aliphatic carbocycles. The van der Waals surface area contributed by atoms with E-state index in [1.54, 1.807) is 0 Å². The topological polar surface area (TPSA) is 125 Å². The van der Waals surface area contributed by atoms with Crippen molar-refractivity contribution >= 4 is 23.9 Å². The number of aliphatic hydroxyl groups excluding tert-OH is 1. The third-order valence-corrected chi connectivity index (χ3v) is 3.01. The predicted octanol–water partition coefficient (Wildman–Crippen LogP) is 0.999. The van der Waals surface area contributed by atoms with E-state index in [0.717, 1.165) is 0 Å². The van der Waals surface area contributed by atoms with Crippen LogP contribution in [-0.4, -0.2) is 60.5 Å². The van der Waals surface area contributed by atoms with Gasteiger partial charge in [-0.1, -0.05) is 27.7 Å². The van der Waals surface area contributed by atoms with Gasteiger partial charge in [-0.05, 0) is 25.7 Å². The molecule has 0 fully saturated rings. The van der Waals surface area contributed by atoms with E-state index in [2.05, 4.69) is 0 Å². The van der Waals surface area contributed by atoms with Gasteiger partial charge in [0.25, 0.3) is 0 Å². The molecule has 0 rings (SSSR count). The van der Waals surface area contributed by atoms with Crippen molar-refractivity contribution in [2.45, 2.75) is 66.3 Å². The molecule has 0 aromatic rings. The molecule has 27 heavy (non-hydrogen) atoms. The molecular formula is C18H30O9. The van der Waals surface area contributed by atoms with Crippen molar-refractivity contribution in [3.8, 4) is 0 Å². The van der Waals surface area contributed by atoms with E-state index >= 15 is 0 Å².